The van der Waals surface area contributed by atoms with Crippen LogP contribution in [0.2, 0.25) is 0 Å². The first kappa shape index (κ1) is 23.3. The number of nitrogens with one attached hydrogen (secondary N) is 2. The minimum Gasteiger partial charge on any atom is -0.549 e. The van der Waals surface area contributed by atoms with E-state index < -0.39 is 30.4 Å². The summed E-state index contributed by atoms with van der Waals surface area (Å²) in [6.07, 6.45) is 0. The van der Waals surface area contributed by atoms with Crippen LogP contribution in [0.4, 0.5) is 0 Å². The van der Waals surface area contributed by atoms with Crippen molar-refractivity contribution in [1.29, 1.82) is 0 Å². The Balaban J connectivity index is -0.000000256. The summed E-state index contributed by atoms with van der Waals surface area (Å²) in [5.41, 5.74) is 0. The maximum atomic E-state index is 9.73. The minimum atomic E-state index is -1.31. The first-order chi connectivity index (χ1) is 8.25. The first-order valence-electron chi connectivity index (χ1n) is 4.52. The third kappa shape index (κ3) is 31.7. The van der Waals surface area contributed by atoms with Crippen molar-refractivity contribution >= 4 is 23.9 Å². The summed E-state index contributed by atoms with van der Waals surface area (Å²) in [5, 5.41) is 37.8. The second-order valence-electron chi connectivity index (χ2n) is 2.76. The summed E-state index contributed by atoms with van der Waals surface area (Å²) in [6, 6.07) is 0. The van der Waals surface area contributed by atoms with E-state index in [1.54, 1.807) is 0 Å². The van der Waals surface area contributed by atoms with Crippen LogP contribution in [0.15, 0.2) is 0 Å². The van der Waals surface area contributed by atoms with Crippen LogP contribution in [0.1, 0.15) is 0 Å². The van der Waals surface area contributed by atoms with Gasteiger partial charge in [0.25, 0.3) is 0 Å². The van der Waals surface area contributed by atoms with Gasteiger partial charge >= 0.3 is 17.9 Å². The van der Waals surface area contributed by atoms with Crippen molar-refractivity contribution < 1.29 is 81.4 Å². The molecule has 0 aliphatic carbocycles. The molecule has 0 heterocycles. The van der Waals surface area contributed by atoms with Crippen LogP contribution < -0.4 is 15.7 Å². The third-order valence-electron chi connectivity index (χ3n) is 1.10. The molecule has 0 saturated carbocycles. The fourth-order valence-corrected chi connectivity index (χ4v) is 0.548. The Hall–Kier alpha value is -0.823. The normalized spacial score (nSPS) is 8.42. The van der Waals surface area contributed by atoms with Crippen molar-refractivity contribution in [1.82, 2.24) is 10.6 Å². The zero-order valence-electron chi connectivity index (χ0n) is 9.71. The van der Waals surface area contributed by atoms with Crippen LogP contribution in [0, 0.1) is 41.7 Å². The largest absolute Gasteiger partial charge is 0.549 e. The van der Waals surface area contributed by atoms with Gasteiger partial charge in [-0.05, 0) is 0 Å². The number of hydrogen-bond acceptors (Lipinski definition) is 7. The van der Waals surface area contributed by atoms with Gasteiger partial charge in [-0.15, -0.1) is 0 Å². The second kappa shape index (κ2) is 15.2. The summed E-state index contributed by atoms with van der Waals surface area (Å²) >= 11 is 0. The molecule has 0 amide bonds. The molecule has 10 nitrogen and oxygen atoms in total. The van der Waals surface area contributed by atoms with Crippen molar-refractivity contribution in [2.75, 3.05) is 26.2 Å². The molecule has 0 atom stereocenters. The molecule has 19 heavy (non-hydrogen) atoms. The Bertz CT molecular complexity index is 251. The van der Waals surface area contributed by atoms with Crippen LogP contribution in [0.5, 0.6) is 0 Å². The Morgan fingerprint density at radius 3 is 1.21 bits per heavy atom. The van der Waals surface area contributed by atoms with Crippen LogP contribution in [0.25, 0.3) is 0 Å². The maximum Gasteiger partial charge on any atom is 0.317 e. The van der Waals surface area contributed by atoms with Gasteiger partial charge in [-0.25, -0.2) is 0 Å². The van der Waals surface area contributed by atoms with E-state index in [1.165, 1.54) is 0 Å². The predicted molar refractivity (Wildman–Crippen MR) is 53.7 cm³/mol. The molecule has 0 radical (unpaired) electrons. The fraction of sp³-hybridized carbons (Fsp3) is 0.500. The van der Waals surface area contributed by atoms with Crippen molar-refractivity contribution in [2.24, 2.45) is 0 Å². The van der Waals surface area contributed by atoms with Gasteiger partial charge in [-0.2, -0.15) is 0 Å². The zero-order chi connectivity index (χ0) is 14.6. The number of hydrogen-bond donors (Lipinski definition) is 5. The van der Waals surface area contributed by atoms with E-state index in [4.69, 9.17) is 15.3 Å². The number of rotatable bonds is 8. The van der Waals surface area contributed by atoms with E-state index in [9.17, 15) is 24.3 Å². The summed E-state index contributed by atoms with van der Waals surface area (Å²) in [6.45, 7) is -1.40. The van der Waals surface area contributed by atoms with Crippen LogP contribution in [-0.2, 0) is 19.2 Å². The summed E-state index contributed by atoms with van der Waals surface area (Å²) in [4.78, 5) is 38.8. The van der Waals surface area contributed by atoms with Crippen LogP contribution in [0.3, 0.4) is 0 Å². The maximum absolute atomic E-state index is 9.73. The van der Waals surface area contributed by atoms with Gasteiger partial charge in [-0.3, -0.25) is 19.7 Å². The van der Waals surface area contributed by atoms with Gasteiger partial charge in [0, 0.05) is 48.3 Å². The van der Waals surface area contributed by atoms with E-state index in [1.807, 2.05) is 0 Å². The molecular weight excluding hydrogens is 392 g/mol. The molecule has 11 heteroatoms. The number of carboxylic acids is 4. The SMILES string of the molecule is O=C(O)CNCC(=O)O.O=C([O-])CNCC(=O)O.[Ce]. The first-order valence-corrected chi connectivity index (χ1v) is 4.52. The molecule has 0 aliphatic heterocycles. The van der Waals surface area contributed by atoms with Crippen LogP contribution >= 0.6 is 0 Å². The Morgan fingerprint density at radius 2 is 1.00 bits per heavy atom. The van der Waals surface area contributed by atoms with Crippen molar-refractivity contribution in [3.63, 3.8) is 0 Å². The van der Waals surface area contributed by atoms with E-state index in [2.05, 4.69) is 10.6 Å². The molecule has 0 aliphatic rings. The quantitative estimate of drug-likeness (QED) is 0.269. The molecular formula is C8H13CeN2O8-. The van der Waals surface area contributed by atoms with Gasteiger partial charge in [-0.1, -0.05) is 0 Å². The van der Waals surface area contributed by atoms with Crippen LogP contribution in [-0.4, -0.2) is 65.4 Å². The molecule has 0 aromatic heterocycles. The van der Waals surface area contributed by atoms with Gasteiger partial charge in [0.15, 0.2) is 0 Å². The molecule has 0 fully saturated rings. The Morgan fingerprint density at radius 1 is 0.737 bits per heavy atom. The Kier molecular flexibility index (Phi) is 18.7. The predicted octanol–water partition coefficient (Wildman–Crippen LogP) is -3.84. The standard InChI is InChI=1S/2C4H7NO4.Ce/c2*6-3(7)1-5-2-4(8)9;/h2*5H,1-2H2,(H,6,7)(H,8,9);/p-1. The van der Waals surface area contributed by atoms with Gasteiger partial charge in [0.05, 0.1) is 25.6 Å². The molecule has 0 aromatic rings. The van der Waals surface area contributed by atoms with Crippen molar-refractivity contribution in [3.05, 3.63) is 0 Å². The van der Waals surface area contributed by atoms with Gasteiger partial charge < -0.3 is 30.5 Å². The smallest absolute Gasteiger partial charge is 0.317 e. The summed E-state index contributed by atoms with van der Waals surface area (Å²) in [5.74, 6) is -4.51. The molecule has 0 saturated heterocycles. The van der Waals surface area contributed by atoms with E-state index in [-0.39, 0.29) is 61.4 Å². The number of aliphatic carboxylic acids is 4. The molecule has 0 rings (SSSR count). The molecule has 5 N–H and O–H groups in total. The number of carbonyl (C=O) groups excluding carboxylic acids is 1. The molecule has 108 valence electrons. The fourth-order valence-electron chi connectivity index (χ4n) is 0.548. The van der Waals surface area contributed by atoms with E-state index >= 15 is 0 Å². The molecule has 0 bridgehead atoms. The summed E-state index contributed by atoms with van der Waals surface area (Å²) in [7, 11) is 0. The molecule has 0 spiro atoms. The van der Waals surface area contributed by atoms with Gasteiger partial charge in [0.1, 0.15) is 0 Å². The van der Waals surface area contributed by atoms with Crippen molar-refractivity contribution in [3.8, 4) is 0 Å². The average molecular weight is 405 g/mol. The van der Waals surface area contributed by atoms with E-state index in [0.717, 1.165) is 0 Å². The van der Waals surface area contributed by atoms with Gasteiger partial charge in [0.2, 0.25) is 0 Å². The monoisotopic (exact) mass is 405 g/mol. The summed E-state index contributed by atoms with van der Waals surface area (Å²) < 4.78 is 0. The van der Waals surface area contributed by atoms with Crippen molar-refractivity contribution in [2.45, 2.75) is 0 Å². The average Bonchev–Trinajstić information content (AvgIpc) is 2.15. The Labute approximate surface area is 141 Å². The number of carboxylic acid groups (broad SMARTS) is 4. The van der Waals surface area contributed by atoms with E-state index in [0.29, 0.717) is 0 Å². The molecule has 0 aromatic carbocycles. The third-order valence-corrected chi connectivity index (χ3v) is 1.10. The minimum absolute atomic E-state index is 0. The topological polar surface area (TPSA) is 176 Å². The number of carbonyl (C=O) groups is 4. The second-order valence-corrected chi connectivity index (χ2v) is 2.76. The zero-order valence-corrected chi connectivity index (χ0v) is 12.9. The molecule has 0 unspecified atom stereocenters.